The SMILES string of the molecule is O=C(O)Cn1cc(C(=O)N2CCCCCCC2)nn1. The number of aliphatic carboxylic acids is 1. The highest BCUT2D eigenvalue weighted by atomic mass is 16.4. The second kappa shape index (κ2) is 6.31. The Balaban J connectivity index is 2.00. The van der Waals surface area contributed by atoms with E-state index in [1.165, 1.54) is 17.3 Å². The van der Waals surface area contributed by atoms with Gasteiger partial charge in [0.15, 0.2) is 5.69 Å². The lowest BCUT2D eigenvalue weighted by molar-refractivity contribution is -0.137. The van der Waals surface area contributed by atoms with E-state index in [1.807, 2.05) is 0 Å². The van der Waals surface area contributed by atoms with E-state index in [1.54, 1.807) is 4.90 Å². The Labute approximate surface area is 111 Å². The van der Waals surface area contributed by atoms with Gasteiger partial charge in [0, 0.05) is 13.1 Å². The van der Waals surface area contributed by atoms with Crippen LogP contribution in [-0.4, -0.2) is 50.0 Å². The molecule has 1 aliphatic rings. The molecular weight excluding hydrogens is 248 g/mol. The fourth-order valence-electron chi connectivity index (χ4n) is 2.22. The van der Waals surface area contributed by atoms with Crippen molar-refractivity contribution in [2.24, 2.45) is 0 Å². The van der Waals surface area contributed by atoms with Crippen LogP contribution in [0.2, 0.25) is 0 Å². The average molecular weight is 266 g/mol. The standard InChI is InChI=1S/C12H18N4O3/c17-11(18)9-16-8-10(13-14-16)12(19)15-6-4-2-1-3-5-7-15/h8H,1-7,9H2,(H,17,18). The summed E-state index contributed by atoms with van der Waals surface area (Å²) in [4.78, 5) is 24.6. The summed E-state index contributed by atoms with van der Waals surface area (Å²) in [6.07, 6.45) is 6.95. The average Bonchev–Trinajstić information content (AvgIpc) is 2.75. The third kappa shape index (κ3) is 3.77. The summed E-state index contributed by atoms with van der Waals surface area (Å²) in [5, 5.41) is 16.1. The van der Waals surface area contributed by atoms with E-state index in [0.717, 1.165) is 38.8 Å². The van der Waals surface area contributed by atoms with Crippen LogP contribution in [0.3, 0.4) is 0 Å². The molecule has 0 atom stereocenters. The van der Waals surface area contributed by atoms with Gasteiger partial charge in [0.1, 0.15) is 6.54 Å². The molecule has 19 heavy (non-hydrogen) atoms. The molecule has 0 saturated carbocycles. The molecule has 0 radical (unpaired) electrons. The van der Waals surface area contributed by atoms with E-state index in [9.17, 15) is 9.59 Å². The number of carboxylic acids is 1. The van der Waals surface area contributed by atoms with E-state index in [2.05, 4.69) is 10.3 Å². The van der Waals surface area contributed by atoms with Crippen LogP contribution >= 0.6 is 0 Å². The first-order valence-electron chi connectivity index (χ1n) is 6.58. The molecule has 7 heteroatoms. The zero-order valence-electron chi connectivity index (χ0n) is 10.8. The van der Waals surface area contributed by atoms with Gasteiger partial charge in [0.25, 0.3) is 5.91 Å². The van der Waals surface area contributed by atoms with Gasteiger partial charge in [-0.15, -0.1) is 5.10 Å². The van der Waals surface area contributed by atoms with Gasteiger partial charge in [-0.2, -0.15) is 0 Å². The summed E-state index contributed by atoms with van der Waals surface area (Å²) in [7, 11) is 0. The molecule has 0 bridgehead atoms. The summed E-state index contributed by atoms with van der Waals surface area (Å²) in [5.41, 5.74) is 0.224. The fraction of sp³-hybridized carbons (Fsp3) is 0.667. The quantitative estimate of drug-likeness (QED) is 0.873. The van der Waals surface area contributed by atoms with E-state index in [4.69, 9.17) is 5.11 Å². The molecule has 2 rings (SSSR count). The lowest BCUT2D eigenvalue weighted by Gasteiger charge is -2.23. The molecule has 1 fully saturated rings. The molecule has 1 N–H and O–H groups in total. The number of aromatic nitrogens is 3. The third-order valence-corrected chi connectivity index (χ3v) is 3.20. The van der Waals surface area contributed by atoms with Crippen LogP contribution in [-0.2, 0) is 11.3 Å². The maximum atomic E-state index is 12.2. The molecular formula is C12H18N4O3. The van der Waals surface area contributed by atoms with Crippen LogP contribution in [0.5, 0.6) is 0 Å². The summed E-state index contributed by atoms with van der Waals surface area (Å²) in [5.74, 6) is -1.16. The van der Waals surface area contributed by atoms with Crippen molar-refractivity contribution in [1.82, 2.24) is 19.9 Å². The van der Waals surface area contributed by atoms with Crippen molar-refractivity contribution < 1.29 is 14.7 Å². The van der Waals surface area contributed by atoms with Crippen LogP contribution in [0.1, 0.15) is 42.6 Å². The minimum atomic E-state index is -1.00. The maximum Gasteiger partial charge on any atom is 0.325 e. The zero-order chi connectivity index (χ0) is 13.7. The summed E-state index contributed by atoms with van der Waals surface area (Å²) >= 11 is 0. The van der Waals surface area contributed by atoms with Crippen molar-refractivity contribution in [3.8, 4) is 0 Å². The molecule has 0 aliphatic carbocycles. The molecule has 1 amide bonds. The van der Waals surface area contributed by atoms with Gasteiger partial charge in [-0.05, 0) is 12.8 Å². The summed E-state index contributed by atoms with van der Waals surface area (Å²) in [6, 6.07) is 0. The lowest BCUT2D eigenvalue weighted by atomic mass is 10.1. The van der Waals surface area contributed by atoms with Crippen LogP contribution in [0.25, 0.3) is 0 Å². The second-order valence-electron chi connectivity index (χ2n) is 4.76. The molecule has 2 heterocycles. The van der Waals surface area contributed by atoms with Crippen LogP contribution in [0.4, 0.5) is 0 Å². The highest BCUT2D eigenvalue weighted by molar-refractivity contribution is 5.92. The molecule has 104 valence electrons. The van der Waals surface area contributed by atoms with Crippen molar-refractivity contribution >= 4 is 11.9 Å². The number of likely N-dealkylation sites (tertiary alicyclic amines) is 1. The second-order valence-corrected chi connectivity index (χ2v) is 4.76. The molecule has 1 aliphatic heterocycles. The highest BCUT2D eigenvalue weighted by Gasteiger charge is 2.19. The number of amides is 1. The lowest BCUT2D eigenvalue weighted by Crippen LogP contribution is -2.34. The molecule has 0 spiro atoms. The van der Waals surface area contributed by atoms with Gasteiger partial charge in [-0.3, -0.25) is 9.59 Å². The normalized spacial score (nSPS) is 16.7. The zero-order valence-corrected chi connectivity index (χ0v) is 10.8. The van der Waals surface area contributed by atoms with Crippen molar-refractivity contribution in [1.29, 1.82) is 0 Å². The Bertz CT molecular complexity index is 450. The van der Waals surface area contributed by atoms with E-state index in [0.29, 0.717) is 0 Å². The number of rotatable bonds is 3. The molecule has 7 nitrogen and oxygen atoms in total. The minimum Gasteiger partial charge on any atom is -0.480 e. The monoisotopic (exact) mass is 266 g/mol. The maximum absolute atomic E-state index is 12.2. The van der Waals surface area contributed by atoms with Crippen LogP contribution in [0.15, 0.2) is 6.20 Å². The third-order valence-electron chi connectivity index (χ3n) is 3.20. The van der Waals surface area contributed by atoms with E-state index >= 15 is 0 Å². The largest absolute Gasteiger partial charge is 0.480 e. The molecule has 0 aromatic carbocycles. The predicted octanol–water partition coefficient (Wildman–Crippen LogP) is 0.769. The van der Waals surface area contributed by atoms with E-state index < -0.39 is 5.97 Å². The summed E-state index contributed by atoms with van der Waals surface area (Å²) < 4.78 is 1.17. The number of hydrogen-bond acceptors (Lipinski definition) is 4. The van der Waals surface area contributed by atoms with Gasteiger partial charge in [-0.25, -0.2) is 4.68 Å². The highest BCUT2D eigenvalue weighted by Crippen LogP contribution is 2.12. The smallest absolute Gasteiger partial charge is 0.325 e. The Morgan fingerprint density at radius 1 is 1.16 bits per heavy atom. The Hall–Kier alpha value is -1.92. The van der Waals surface area contributed by atoms with Gasteiger partial charge in [0.05, 0.1) is 6.20 Å². The van der Waals surface area contributed by atoms with Crippen molar-refractivity contribution in [2.75, 3.05) is 13.1 Å². The fourth-order valence-corrected chi connectivity index (χ4v) is 2.22. The van der Waals surface area contributed by atoms with Gasteiger partial charge < -0.3 is 10.0 Å². The molecule has 0 unspecified atom stereocenters. The predicted molar refractivity (Wildman–Crippen MR) is 66.6 cm³/mol. The topological polar surface area (TPSA) is 88.3 Å². The molecule has 1 aromatic rings. The first-order valence-corrected chi connectivity index (χ1v) is 6.58. The van der Waals surface area contributed by atoms with Crippen LogP contribution in [0, 0.1) is 0 Å². The number of carboxylic acid groups (broad SMARTS) is 1. The number of hydrogen-bond donors (Lipinski definition) is 1. The van der Waals surface area contributed by atoms with Gasteiger partial charge in [0.2, 0.25) is 0 Å². The van der Waals surface area contributed by atoms with E-state index in [-0.39, 0.29) is 18.1 Å². The number of carbonyl (C=O) groups excluding carboxylic acids is 1. The first-order chi connectivity index (χ1) is 9.16. The van der Waals surface area contributed by atoms with Crippen LogP contribution < -0.4 is 0 Å². The minimum absolute atomic E-state index is 0.154. The molecule has 1 saturated heterocycles. The number of nitrogens with zero attached hydrogens (tertiary/aromatic N) is 4. The van der Waals surface area contributed by atoms with Gasteiger partial charge in [-0.1, -0.05) is 24.5 Å². The van der Waals surface area contributed by atoms with Gasteiger partial charge >= 0.3 is 5.97 Å². The molecule has 1 aromatic heterocycles. The van der Waals surface area contributed by atoms with Crippen molar-refractivity contribution in [3.05, 3.63) is 11.9 Å². The van der Waals surface area contributed by atoms with Crippen molar-refractivity contribution in [3.63, 3.8) is 0 Å². The first kappa shape index (κ1) is 13.5. The Morgan fingerprint density at radius 2 is 1.79 bits per heavy atom. The Kier molecular flexibility index (Phi) is 4.48. The Morgan fingerprint density at radius 3 is 2.42 bits per heavy atom. The van der Waals surface area contributed by atoms with Crippen molar-refractivity contribution in [2.45, 2.75) is 38.6 Å². The number of carbonyl (C=O) groups is 2. The summed E-state index contributed by atoms with van der Waals surface area (Å²) in [6.45, 7) is 1.20.